The van der Waals surface area contributed by atoms with Crippen LogP contribution in [0.1, 0.15) is 24.8 Å². The lowest BCUT2D eigenvalue weighted by molar-refractivity contribution is -0.121. The molecule has 0 aromatic heterocycles. The van der Waals surface area contributed by atoms with Crippen molar-refractivity contribution in [2.24, 2.45) is 0 Å². The maximum absolute atomic E-state index is 12.0. The van der Waals surface area contributed by atoms with E-state index in [9.17, 15) is 9.59 Å². The number of rotatable bonds is 5. The van der Waals surface area contributed by atoms with Crippen LogP contribution in [0, 0.1) is 0 Å². The highest BCUT2D eigenvalue weighted by Crippen LogP contribution is 2.21. The first-order valence-electron chi connectivity index (χ1n) is 8.19. The minimum Gasteiger partial charge on any atom is -0.352 e. The Kier molecular flexibility index (Phi) is 5.56. The van der Waals surface area contributed by atoms with Gasteiger partial charge < -0.3 is 15.5 Å². The minimum atomic E-state index is 0.0868. The summed E-state index contributed by atoms with van der Waals surface area (Å²) in [6, 6.07) is 8.18. The number of thioether (sulfide) groups is 1. The Hall–Kier alpha value is -1.53. The van der Waals surface area contributed by atoms with Crippen molar-refractivity contribution in [2.45, 2.75) is 31.8 Å². The van der Waals surface area contributed by atoms with E-state index in [0.717, 1.165) is 42.3 Å². The van der Waals surface area contributed by atoms with Gasteiger partial charge in [0.1, 0.15) is 0 Å². The fourth-order valence-electron chi connectivity index (χ4n) is 2.96. The van der Waals surface area contributed by atoms with Gasteiger partial charge in [0.2, 0.25) is 11.8 Å². The number of carbonyl (C=O) groups is 2. The first kappa shape index (κ1) is 16.3. The lowest BCUT2D eigenvalue weighted by atomic mass is 10.1. The number of nitrogens with one attached hydrogen (secondary N) is 2. The van der Waals surface area contributed by atoms with Crippen LogP contribution in [0.3, 0.4) is 0 Å². The quantitative estimate of drug-likeness (QED) is 0.858. The Balaban J connectivity index is 1.46. The fraction of sp³-hybridized carbons (Fsp3) is 0.529. The average molecular weight is 333 g/mol. The Morgan fingerprint density at radius 3 is 2.83 bits per heavy atom. The third kappa shape index (κ3) is 4.48. The van der Waals surface area contributed by atoms with E-state index < -0.39 is 0 Å². The van der Waals surface area contributed by atoms with Gasteiger partial charge >= 0.3 is 0 Å². The molecule has 1 aromatic rings. The zero-order valence-corrected chi connectivity index (χ0v) is 14.0. The number of anilines is 1. The van der Waals surface area contributed by atoms with E-state index in [-0.39, 0.29) is 17.9 Å². The predicted octanol–water partition coefficient (Wildman–Crippen LogP) is 1.52. The van der Waals surface area contributed by atoms with Crippen molar-refractivity contribution in [3.8, 4) is 0 Å². The zero-order chi connectivity index (χ0) is 16.1. The molecular weight excluding hydrogens is 310 g/mol. The van der Waals surface area contributed by atoms with E-state index in [1.807, 2.05) is 40.9 Å². The second kappa shape index (κ2) is 7.84. The van der Waals surface area contributed by atoms with E-state index in [2.05, 4.69) is 10.6 Å². The normalized spacial score (nSPS) is 21.5. The first-order chi connectivity index (χ1) is 11.2. The van der Waals surface area contributed by atoms with Crippen LogP contribution in [0.25, 0.3) is 0 Å². The molecule has 0 spiro atoms. The largest absolute Gasteiger partial charge is 0.352 e. The third-order valence-electron chi connectivity index (χ3n) is 4.24. The Morgan fingerprint density at radius 2 is 2.17 bits per heavy atom. The molecule has 23 heavy (non-hydrogen) atoms. The van der Waals surface area contributed by atoms with Gasteiger partial charge in [0.05, 0.1) is 0 Å². The molecule has 0 radical (unpaired) electrons. The van der Waals surface area contributed by atoms with Crippen molar-refractivity contribution in [1.82, 2.24) is 10.6 Å². The number of carbonyl (C=O) groups excluding carboxylic acids is 2. The number of hydrogen-bond acceptors (Lipinski definition) is 4. The van der Waals surface area contributed by atoms with Gasteiger partial charge in [-0.15, -0.1) is 0 Å². The summed E-state index contributed by atoms with van der Waals surface area (Å²) in [4.78, 5) is 25.5. The Bertz CT molecular complexity index is 555. The van der Waals surface area contributed by atoms with Crippen LogP contribution in [0.2, 0.25) is 0 Å². The lowest BCUT2D eigenvalue weighted by Gasteiger charge is -2.22. The van der Waals surface area contributed by atoms with E-state index in [1.54, 1.807) is 0 Å². The van der Waals surface area contributed by atoms with Crippen LogP contribution in [0.15, 0.2) is 24.3 Å². The van der Waals surface area contributed by atoms with E-state index in [0.29, 0.717) is 19.4 Å². The number of hydrogen-bond donors (Lipinski definition) is 2. The van der Waals surface area contributed by atoms with Gasteiger partial charge in [-0.2, -0.15) is 11.8 Å². The molecule has 2 heterocycles. The summed E-state index contributed by atoms with van der Waals surface area (Å²) in [5.74, 6) is 2.42. The molecule has 0 bridgehead atoms. The topological polar surface area (TPSA) is 61.4 Å². The van der Waals surface area contributed by atoms with Gasteiger partial charge in [-0.3, -0.25) is 9.59 Å². The smallest absolute Gasteiger partial charge is 0.227 e. The number of amides is 2. The maximum Gasteiger partial charge on any atom is 0.227 e. The van der Waals surface area contributed by atoms with Crippen molar-refractivity contribution >= 4 is 29.3 Å². The van der Waals surface area contributed by atoms with Crippen LogP contribution < -0.4 is 15.5 Å². The summed E-state index contributed by atoms with van der Waals surface area (Å²) in [5.41, 5.74) is 2.01. The zero-order valence-electron chi connectivity index (χ0n) is 13.2. The van der Waals surface area contributed by atoms with Gasteiger partial charge in [0.15, 0.2) is 0 Å². The molecule has 3 rings (SSSR count). The van der Waals surface area contributed by atoms with Gasteiger partial charge in [-0.25, -0.2) is 0 Å². The molecule has 124 valence electrons. The SMILES string of the molecule is O=C(CC1CSCCN1)NCc1ccc(N2CCCC2=O)cc1. The summed E-state index contributed by atoms with van der Waals surface area (Å²) in [6.07, 6.45) is 2.11. The van der Waals surface area contributed by atoms with Crippen molar-refractivity contribution in [3.05, 3.63) is 29.8 Å². The molecule has 2 aliphatic rings. The van der Waals surface area contributed by atoms with Crippen molar-refractivity contribution in [1.29, 1.82) is 0 Å². The summed E-state index contributed by atoms with van der Waals surface area (Å²) in [6.45, 7) is 2.33. The van der Waals surface area contributed by atoms with Crippen LogP contribution >= 0.6 is 11.8 Å². The van der Waals surface area contributed by atoms with Crippen LogP contribution in [0.5, 0.6) is 0 Å². The number of benzene rings is 1. The highest BCUT2D eigenvalue weighted by atomic mass is 32.2. The van der Waals surface area contributed by atoms with Crippen LogP contribution in [-0.2, 0) is 16.1 Å². The van der Waals surface area contributed by atoms with Gasteiger partial charge in [0.25, 0.3) is 0 Å². The monoisotopic (exact) mass is 333 g/mol. The van der Waals surface area contributed by atoms with Gasteiger partial charge in [-0.05, 0) is 24.1 Å². The highest BCUT2D eigenvalue weighted by molar-refractivity contribution is 7.99. The van der Waals surface area contributed by atoms with Crippen molar-refractivity contribution in [2.75, 3.05) is 29.5 Å². The summed E-state index contributed by atoms with van der Waals surface area (Å²) < 4.78 is 0. The Labute approximate surface area is 141 Å². The van der Waals surface area contributed by atoms with E-state index in [1.165, 1.54) is 0 Å². The molecule has 0 aliphatic carbocycles. The lowest BCUT2D eigenvalue weighted by Crippen LogP contribution is -2.41. The molecular formula is C17H23N3O2S. The third-order valence-corrected chi connectivity index (χ3v) is 5.37. The molecule has 5 nitrogen and oxygen atoms in total. The first-order valence-corrected chi connectivity index (χ1v) is 9.35. The molecule has 2 fully saturated rings. The van der Waals surface area contributed by atoms with Crippen LogP contribution in [-0.4, -0.2) is 42.5 Å². The molecule has 1 aromatic carbocycles. The summed E-state index contributed by atoms with van der Waals surface area (Å²) >= 11 is 1.90. The molecule has 6 heteroatoms. The molecule has 2 saturated heterocycles. The highest BCUT2D eigenvalue weighted by Gasteiger charge is 2.21. The van der Waals surface area contributed by atoms with E-state index >= 15 is 0 Å². The molecule has 0 saturated carbocycles. The van der Waals surface area contributed by atoms with E-state index in [4.69, 9.17) is 0 Å². The standard InChI is InChI=1S/C17H23N3O2S/c21-16(10-14-12-23-9-7-18-14)19-11-13-3-5-15(6-4-13)20-8-1-2-17(20)22/h3-6,14,18H,1-2,7-12H2,(H,19,21). The molecule has 1 unspecified atom stereocenters. The fourth-order valence-corrected chi connectivity index (χ4v) is 3.91. The van der Waals surface area contributed by atoms with Gasteiger partial charge in [-0.1, -0.05) is 12.1 Å². The van der Waals surface area contributed by atoms with Crippen LogP contribution in [0.4, 0.5) is 5.69 Å². The molecule has 2 aliphatic heterocycles. The van der Waals surface area contributed by atoms with Crippen molar-refractivity contribution < 1.29 is 9.59 Å². The summed E-state index contributed by atoms with van der Waals surface area (Å²) in [7, 11) is 0. The van der Waals surface area contributed by atoms with Crippen molar-refractivity contribution in [3.63, 3.8) is 0 Å². The second-order valence-corrected chi connectivity index (χ2v) is 7.17. The molecule has 2 N–H and O–H groups in total. The Morgan fingerprint density at radius 1 is 1.35 bits per heavy atom. The molecule has 2 amide bonds. The minimum absolute atomic E-state index is 0.0868. The molecule has 1 atom stereocenters. The summed E-state index contributed by atoms with van der Waals surface area (Å²) in [5, 5.41) is 6.35. The van der Waals surface area contributed by atoms with Gasteiger partial charge in [0, 0.05) is 55.7 Å². The average Bonchev–Trinajstić information content (AvgIpc) is 3.00. The second-order valence-electron chi connectivity index (χ2n) is 6.02. The predicted molar refractivity (Wildman–Crippen MR) is 93.6 cm³/mol. The number of nitrogens with zero attached hydrogens (tertiary/aromatic N) is 1. The maximum atomic E-state index is 12.0.